The number of methoxy groups -OCH3 is 3. The van der Waals surface area contributed by atoms with Gasteiger partial charge < -0.3 is 19.1 Å². The predicted octanol–water partition coefficient (Wildman–Crippen LogP) is 2.01. The molecule has 0 N–H and O–H groups in total. The molecule has 0 saturated heterocycles. The first-order chi connectivity index (χ1) is 10.9. The molecule has 0 bridgehead atoms. The highest BCUT2D eigenvalue weighted by molar-refractivity contribution is 6.16. The number of hydrogen-bond donors (Lipinski definition) is 0. The van der Waals surface area contributed by atoms with Crippen molar-refractivity contribution in [2.75, 3.05) is 28.4 Å². The normalized spacial score (nSPS) is 16.1. The van der Waals surface area contributed by atoms with Crippen LogP contribution in [0.1, 0.15) is 12.5 Å². The molecule has 6 nitrogen and oxygen atoms in total. The van der Waals surface area contributed by atoms with Gasteiger partial charge in [-0.05, 0) is 25.1 Å². The molecule has 0 radical (unpaired) electrons. The van der Waals surface area contributed by atoms with Gasteiger partial charge in [-0.25, -0.2) is 4.79 Å². The minimum absolute atomic E-state index is 0.262. The molecular formula is C17H19NO5. The quantitative estimate of drug-likeness (QED) is 0.628. The number of allylic oxidation sites excluding steroid dienone is 1. The maximum absolute atomic E-state index is 12.4. The van der Waals surface area contributed by atoms with Crippen LogP contribution in [0.2, 0.25) is 0 Å². The highest BCUT2D eigenvalue weighted by Gasteiger charge is 2.35. The van der Waals surface area contributed by atoms with Crippen LogP contribution < -0.4 is 9.47 Å². The van der Waals surface area contributed by atoms with Gasteiger partial charge in [0, 0.05) is 24.4 Å². The Morgan fingerprint density at radius 2 is 1.87 bits per heavy atom. The van der Waals surface area contributed by atoms with Gasteiger partial charge in [0.2, 0.25) is 0 Å². The third-order valence-electron chi connectivity index (χ3n) is 3.80. The average Bonchev–Trinajstić information content (AvgIpc) is 2.78. The largest absolute Gasteiger partial charge is 0.497 e. The Labute approximate surface area is 134 Å². The van der Waals surface area contributed by atoms with E-state index in [1.54, 1.807) is 45.4 Å². The first-order valence-corrected chi connectivity index (χ1v) is 6.96. The summed E-state index contributed by atoms with van der Waals surface area (Å²) in [4.78, 5) is 25.9. The topological polar surface area (TPSA) is 65.1 Å². The molecule has 0 saturated carbocycles. The molecule has 0 spiro atoms. The van der Waals surface area contributed by atoms with Crippen LogP contribution in [0.5, 0.6) is 11.5 Å². The molecule has 1 aromatic carbocycles. The summed E-state index contributed by atoms with van der Waals surface area (Å²) >= 11 is 0. The minimum atomic E-state index is -0.543. The molecule has 6 heteroatoms. The molecule has 1 amide bonds. The zero-order valence-corrected chi connectivity index (χ0v) is 13.8. The molecular weight excluding hydrogens is 298 g/mol. The summed E-state index contributed by atoms with van der Waals surface area (Å²) in [6.07, 6.45) is 1.62. The third-order valence-corrected chi connectivity index (χ3v) is 3.80. The Morgan fingerprint density at radius 3 is 2.43 bits per heavy atom. The first kappa shape index (κ1) is 16.6. The van der Waals surface area contributed by atoms with Crippen LogP contribution in [0.15, 0.2) is 35.0 Å². The molecule has 0 fully saturated rings. The number of carbonyl (C=O) groups is 2. The number of rotatable bonds is 4. The molecule has 0 aliphatic carbocycles. The van der Waals surface area contributed by atoms with Crippen molar-refractivity contribution >= 4 is 18.0 Å². The Kier molecular flexibility index (Phi) is 4.74. The van der Waals surface area contributed by atoms with Crippen LogP contribution in [0.25, 0.3) is 6.08 Å². The van der Waals surface area contributed by atoms with E-state index in [1.807, 2.05) is 0 Å². The van der Waals surface area contributed by atoms with Gasteiger partial charge in [-0.15, -0.1) is 0 Å². The number of esters is 1. The molecule has 0 aromatic heterocycles. The molecule has 0 atom stereocenters. The summed E-state index contributed by atoms with van der Waals surface area (Å²) in [6.45, 7) is 1.70. The monoisotopic (exact) mass is 317 g/mol. The van der Waals surface area contributed by atoms with Crippen molar-refractivity contribution in [1.82, 2.24) is 4.90 Å². The minimum Gasteiger partial charge on any atom is -0.497 e. The maximum Gasteiger partial charge on any atom is 0.340 e. The zero-order valence-electron chi connectivity index (χ0n) is 13.8. The van der Waals surface area contributed by atoms with Gasteiger partial charge in [0.05, 0.1) is 32.5 Å². The van der Waals surface area contributed by atoms with Crippen LogP contribution in [0.3, 0.4) is 0 Å². The van der Waals surface area contributed by atoms with Gasteiger partial charge in [-0.1, -0.05) is 0 Å². The van der Waals surface area contributed by atoms with Crippen molar-refractivity contribution in [2.45, 2.75) is 6.92 Å². The van der Waals surface area contributed by atoms with Crippen molar-refractivity contribution in [3.63, 3.8) is 0 Å². The number of ether oxygens (including phenoxy) is 3. The fraction of sp³-hybridized carbons (Fsp3) is 0.294. The van der Waals surface area contributed by atoms with Gasteiger partial charge in [0.1, 0.15) is 11.5 Å². The van der Waals surface area contributed by atoms with E-state index in [0.29, 0.717) is 22.8 Å². The van der Waals surface area contributed by atoms with E-state index in [9.17, 15) is 9.59 Å². The van der Waals surface area contributed by atoms with Crippen molar-refractivity contribution in [3.05, 3.63) is 40.6 Å². The highest BCUT2D eigenvalue weighted by Crippen LogP contribution is 2.33. The molecule has 1 aliphatic rings. The van der Waals surface area contributed by atoms with Crippen LogP contribution in [-0.4, -0.2) is 45.2 Å². The smallest absolute Gasteiger partial charge is 0.340 e. The summed E-state index contributed by atoms with van der Waals surface area (Å²) in [7, 11) is 6.00. The van der Waals surface area contributed by atoms with E-state index in [2.05, 4.69) is 0 Å². The van der Waals surface area contributed by atoms with E-state index in [-0.39, 0.29) is 17.1 Å². The second-order valence-electron chi connectivity index (χ2n) is 4.98. The Bertz CT molecular complexity index is 718. The fourth-order valence-corrected chi connectivity index (χ4v) is 2.39. The summed E-state index contributed by atoms with van der Waals surface area (Å²) in [5.41, 5.74) is 1.76. The van der Waals surface area contributed by atoms with Crippen LogP contribution in [-0.2, 0) is 14.3 Å². The van der Waals surface area contributed by atoms with Gasteiger partial charge >= 0.3 is 5.97 Å². The van der Waals surface area contributed by atoms with E-state index in [1.165, 1.54) is 19.1 Å². The van der Waals surface area contributed by atoms with Gasteiger partial charge in [-0.2, -0.15) is 0 Å². The van der Waals surface area contributed by atoms with E-state index in [0.717, 1.165) is 0 Å². The first-order valence-electron chi connectivity index (χ1n) is 6.96. The van der Waals surface area contributed by atoms with E-state index in [4.69, 9.17) is 14.2 Å². The Hall–Kier alpha value is -2.76. The molecule has 1 heterocycles. The number of benzene rings is 1. The van der Waals surface area contributed by atoms with Crippen molar-refractivity contribution in [3.8, 4) is 11.5 Å². The number of amides is 1. The van der Waals surface area contributed by atoms with E-state index >= 15 is 0 Å². The van der Waals surface area contributed by atoms with Crippen molar-refractivity contribution in [1.29, 1.82) is 0 Å². The summed E-state index contributed by atoms with van der Waals surface area (Å²) in [5, 5.41) is 0. The fourth-order valence-electron chi connectivity index (χ4n) is 2.39. The predicted molar refractivity (Wildman–Crippen MR) is 85.0 cm³/mol. The Morgan fingerprint density at radius 1 is 1.17 bits per heavy atom. The van der Waals surface area contributed by atoms with Crippen LogP contribution in [0, 0.1) is 0 Å². The number of likely N-dealkylation sites (N-methyl/N-ethyl adjacent to an activating group) is 1. The summed E-state index contributed by atoms with van der Waals surface area (Å²) in [5.74, 6) is 0.375. The molecule has 1 aliphatic heterocycles. The summed E-state index contributed by atoms with van der Waals surface area (Å²) in [6, 6.07) is 5.23. The van der Waals surface area contributed by atoms with E-state index < -0.39 is 5.97 Å². The van der Waals surface area contributed by atoms with Crippen LogP contribution >= 0.6 is 0 Å². The Balaban J connectivity index is 2.57. The third kappa shape index (κ3) is 2.92. The second-order valence-corrected chi connectivity index (χ2v) is 4.98. The lowest BCUT2D eigenvalue weighted by Crippen LogP contribution is -2.19. The highest BCUT2D eigenvalue weighted by atomic mass is 16.5. The lowest BCUT2D eigenvalue weighted by Gasteiger charge is -2.10. The molecule has 23 heavy (non-hydrogen) atoms. The standard InChI is InChI=1S/C17H19NO5/c1-10-15(17(20)23-5)13(16(19)18(10)2)8-11-6-7-12(21-3)9-14(11)22-4/h6-9H,1-5H3/b13-8-. The van der Waals surface area contributed by atoms with Crippen molar-refractivity contribution < 1.29 is 23.8 Å². The van der Waals surface area contributed by atoms with Crippen LogP contribution in [0.4, 0.5) is 0 Å². The molecule has 122 valence electrons. The zero-order chi connectivity index (χ0) is 17.1. The number of carbonyl (C=O) groups excluding carboxylic acids is 2. The molecule has 1 aromatic rings. The lowest BCUT2D eigenvalue weighted by molar-refractivity contribution is -0.136. The average molecular weight is 317 g/mol. The summed E-state index contributed by atoms with van der Waals surface area (Å²) < 4.78 is 15.3. The number of hydrogen-bond acceptors (Lipinski definition) is 5. The van der Waals surface area contributed by atoms with Gasteiger partial charge in [0.15, 0.2) is 0 Å². The maximum atomic E-state index is 12.4. The number of nitrogens with zero attached hydrogens (tertiary/aromatic N) is 1. The molecule has 0 unspecified atom stereocenters. The van der Waals surface area contributed by atoms with Gasteiger partial charge in [0.25, 0.3) is 5.91 Å². The lowest BCUT2D eigenvalue weighted by atomic mass is 10.0. The SMILES string of the molecule is COC(=O)C1=C(C)N(C)C(=O)/C1=C\c1ccc(OC)cc1OC. The van der Waals surface area contributed by atoms with Crippen molar-refractivity contribution in [2.24, 2.45) is 0 Å². The van der Waals surface area contributed by atoms with Gasteiger partial charge in [-0.3, -0.25) is 4.79 Å². The second kappa shape index (κ2) is 6.56. The molecule has 2 rings (SSSR count).